The topological polar surface area (TPSA) is 12.0 Å². The van der Waals surface area contributed by atoms with Crippen LogP contribution in [0, 0.1) is 0 Å². The van der Waals surface area contributed by atoms with Gasteiger partial charge in [-0.1, -0.05) is 60.7 Å². The SMILES string of the molecule is C[C@H](NCc1ccc(-c2ccccc2)cc1)c1cccs1. The van der Waals surface area contributed by atoms with Gasteiger partial charge in [-0.15, -0.1) is 11.3 Å². The molecule has 106 valence electrons. The van der Waals surface area contributed by atoms with Crippen molar-refractivity contribution in [3.63, 3.8) is 0 Å². The molecule has 21 heavy (non-hydrogen) atoms. The van der Waals surface area contributed by atoms with E-state index in [0.717, 1.165) is 6.54 Å². The Kier molecular flexibility index (Phi) is 4.49. The summed E-state index contributed by atoms with van der Waals surface area (Å²) in [7, 11) is 0. The number of rotatable bonds is 5. The molecule has 1 nitrogen and oxygen atoms in total. The molecule has 0 bridgehead atoms. The Labute approximate surface area is 130 Å². The molecule has 1 atom stereocenters. The van der Waals surface area contributed by atoms with Gasteiger partial charge in [0.15, 0.2) is 0 Å². The van der Waals surface area contributed by atoms with Gasteiger partial charge in [-0.2, -0.15) is 0 Å². The van der Waals surface area contributed by atoms with Crippen molar-refractivity contribution in [3.8, 4) is 11.1 Å². The smallest absolute Gasteiger partial charge is 0.0388 e. The first kappa shape index (κ1) is 14.1. The van der Waals surface area contributed by atoms with Crippen molar-refractivity contribution in [2.45, 2.75) is 19.5 Å². The molecule has 3 aromatic rings. The van der Waals surface area contributed by atoms with E-state index in [0.29, 0.717) is 6.04 Å². The Balaban J connectivity index is 1.62. The maximum absolute atomic E-state index is 3.57. The average molecular weight is 293 g/mol. The van der Waals surface area contributed by atoms with Crippen LogP contribution in [-0.4, -0.2) is 0 Å². The zero-order valence-corrected chi connectivity index (χ0v) is 12.9. The summed E-state index contributed by atoms with van der Waals surface area (Å²) in [5.74, 6) is 0. The van der Waals surface area contributed by atoms with E-state index in [4.69, 9.17) is 0 Å². The monoisotopic (exact) mass is 293 g/mol. The highest BCUT2D eigenvalue weighted by Crippen LogP contribution is 2.21. The zero-order valence-electron chi connectivity index (χ0n) is 12.1. The van der Waals surface area contributed by atoms with E-state index in [9.17, 15) is 0 Å². The Morgan fingerprint density at radius 2 is 1.57 bits per heavy atom. The van der Waals surface area contributed by atoms with Gasteiger partial charge < -0.3 is 5.32 Å². The lowest BCUT2D eigenvalue weighted by atomic mass is 10.0. The molecule has 3 rings (SSSR count). The standard InChI is InChI=1S/C19H19NS/c1-15(19-8-5-13-21-19)20-14-16-9-11-18(12-10-16)17-6-3-2-4-7-17/h2-13,15,20H,14H2,1H3/t15-/m0/s1. The molecule has 2 aromatic carbocycles. The van der Waals surface area contributed by atoms with E-state index in [1.165, 1.54) is 21.6 Å². The third kappa shape index (κ3) is 3.60. The molecule has 0 radical (unpaired) electrons. The summed E-state index contributed by atoms with van der Waals surface area (Å²) in [6.45, 7) is 3.11. The van der Waals surface area contributed by atoms with Crippen molar-refractivity contribution >= 4 is 11.3 Å². The molecule has 0 fully saturated rings. The fourth-order valence-corrected chi connectivity index (χ4v) is 3.11. The minimum Gasteiger partial charge on any atom is -0.305 e. The van der Waals surface area contributed by atoms with Gasteiger partial charge in [0, 0.05) is 17.5 Å². The van der Waals surface area contributed by atoms with Crippen molar-refractivity contribution in [2.75, 3.05) is 0 Å². The van der Waals surface area contributed by atoms with Gasteiger partial charge in [0.2, 0.25) is 0 Å². The highest BCUT2D eigenvalue weighted by Gasteiger charge is 2.05. The van der Waals surface area contributed by atoms with Crippen LogP contribution in [0.4, 0.5) is 0 Å². The summed E-state index contributed by atoms with van der Waals surface area (Å²) < 4.78 is 0. The first-order valence-electron chi connectivity index (χ1n) is 7.24. The third-order valence-electron chi connectivity index (χ3n) is 3.64. The van der Waals surface area contributed by atoms with E-state index < -0.39 is 0 Å². The average Bonchev–Trinajstić information content (AvgIpc) is 3.08. The summed E-state index contributed by atoms with van der Waals surface area (Å²) in [4.78, 5) is 1.39. The van der Waals surface area contributed by atoms with Crippen LogP contribution in [0.25, 0.3) is 11.1 Å². The minimum atomic E-state index is 0.402. The molecular formula is C19H19NS. The van der Waals surface area contributed by atoms with Crippen molar-refractivity contribution in [3.05, 3.63) is 82.6 Å². The molecule has 0 amide bonds. The van der Waals surface area contributed by atoms with Gasteiger partial charge >= 0.3 is 0 Å². The Bertz CT molecular complexity index is 657. The van der Waals surface area contributed by atoms with Crippen LogP contribution in [0.2, 0.25) is 0 Å². The van der Waals surface area contributed by atoms with Gasteiger partial charge in [-0.25, -0.2) is 0 Å². The fraction of sp³-hybridized carbons (Fsp3) is 0.158. The van der Waals surface area contributed by atoms with Gasteiger partial charge in [0.1, 0.15) is 0 Å². The number of nitrogens with one attached hydrogen (secondary N) is 1. The van der Waals surface area contributed by atoms with Crippen LogP contribution >= 0.6 is 11.3 Å². The quantitative estimate of drug-likeness (QED) is 0.676. The molecule has 1 heterocycles. The first-order chi connectivity index (χ1) is 10.3. The van der Waals surface area contributed by atoms with E-state index in [-0.39, 0.29) is 0 Å². The molecule has 0 aliphatic heterocycles. The van der Waals surface area contributed by atoms with Crippen molar-refractivity contribution < 1.29 is 0 Å². The maximum atomic E-state index is 3.57. The van der Waals surface area contributed by atoms with Crippen molar-refractivity contribution in [1.29, 1.82) is 0 Å². The summed E-state index contributed by atoms with van der Waals surface area (Å²) >= 11 is 1.80. The van der Waals surface area contributed by atoms with Crippen LogP contribution in [-0.2, 0) is 6.54 Å². The van der Waals surface area contributed by atoms with Crippen LogP contribution < -0.4 is 5.32 Å². The Morgan fingerprint density at radius 1 is 0.857 bits per heavy atom. The number of hydrogen-bond acceptors (Lipinski definition) is 2. The maximum Gasteiger partial charge on any atom is 0.0388 e. The molecule has 2 heteroatoms. The zero-order chi connectivity index (χ0) is 14.5. The molecule has 0 spiro atoms. The summed E-state index contributed by atoms with van der Waals surface area (Å²) in [5.41, 5.74) is 3.85. The van der Waals surface area contributed by atoms with E-state index in [1.54, 1.807) is 11.3 Å². The molecule has 0 aliphatic rings. The number of thiophene rings is 1. The van der Waals surface area contributed by atoms with Gasteiger partial charge in [0.25, 0.3) is 0 Å². The third-order valence-corrected chi connectivity index (χ3v) is 4.70. The van der Waals surface area contributed by atoms with E-state index in [1.807, 2.05) is 6.07 Å². The number of hydrogen-bond donors (Lipinski definition) is 1. The second kappa shape index (κ2) is 6.70. The largest absolute Gasteiger partial charge is 0.305 e. The first-order valence-corrected chi connectivity index (χ1v) is 8.12. The predicted octanol–water partition coefficient (Wildman–Crippen LogP) is 5.27. The molecule has 0 unspecified atom stereocenters. The summed E-state index contributed by atoms with van der Waals surface area (Å²) in [6, 6.07) is 24.0. The summed E-state index contributed by atoms with van der Waals surface area (Å²) in [5, 5.41) is 5.70. The normalized spacial score (nSPS) is 12.2. The van der Waals surface area contributed by atoms with Gasteiger partial charge in [0.05, 0.1) is 0 Å². The molecule has 1 aromatic heterocycles. The predicted molar refractivity (Wildman–Crippen MR) is 91.5 cm³/mol. The second-order valence-electron chi connectivity index (χ2n) is 5.18. The van der Waals surface area contributed by atoms with Crippen LogP contribution in [0.3, 0.4) is 0 Å². The molecule has 0 aliphatic carbocycles. The molecule has 0 saturated heterocycles. The molecule has 0 saturated carbocycles. The van der Waals surface area contributed by atoms with Gasteiger partial charge in [-0.05, 0) is 35.1 Å². The Hall–Kier alpha value is -1.90. The van der Waals surface area contributed by atoms with Crippen LogP contribution in [0.1, 0.15) is 23.4 Å². The van der Waals surface area contributed by atoms with Crippen LogP contribution in [0.15, 0.2) is 72.1 Å². The lowest BCUT2D eigenvalue weighted by Crippen LogP contribution is -2.16. The van der Waals surface area contributed by atoms with E-state index in [2.05, 4.69) is 78.3 Å². The fourth-order valence-electron chi connectivity index (χ4n) is 2.35. The Morgan fingerprint density at radius 3 is 2.24 bits per heavy atom. The minimum absolute atomic E-state index is 0.402. The lowest BCUT2D eigenvalue weighted by molar-refractivity contribution is 0.583. The highest BCUT2D eigenvalue weighted by atomic mass is 32.1. The summed E-state index contributed by atoms with van der Waals surface area (Å²) in [6.07, 6.45) is 0. The number of benzene rings is 2. The highest BCUT2D eigenvalue weighted by molar-refractivity contribution is 7.10. The van der Waals surface area contributed by atoms with E-state index >= 15 is 0 Å². The van der Waals surface area contributed by atoms with Crippen molar-refractivity contribution in [1.82, 2.24) is 5.32 Å². The lowest BCUT2D eigenvalue weighted by Gasteiger charge is -2.12. The molecule has 1 N–H and O–H groups in total. The molecular weight excluding hydrogens is 274 g/mol. The van der Waals surface area contributed by atoms with Crippen LogP contribution in [0.5, 0.6) is 0 Å². The second-order valence-corrected chi connectivity index (χ2v) is 6.16. The van der Waals surface area contributed by atoms with Gasteiger partial charge in [-0.3, -0.25) is 0 Å². The van der Waals surface area contributed by atoms with Crippen molar-refractivity contribution in [2.24, 2.45) is 0 Å².